The number of carbonyl (C=O) groups is 2. The van der Waals surface area contributed by atoms with E-state index in [9.17, 15) is 18.0 Å². The summed E-state index contributed by atoms with van der Waals surface area (Å²) in [4.78, 5) is 30.0. The number of aryl methyl sites for hydroxylation is 2. The van der Waals surface area contributed by atoms with Gasteiger partial charge in [-0.2, -0.15) is 4.31 Å². The van der Waals surface area contributed by atoms with E-state index in [1.165, 1.54) is 32.5 Å². The third-order valence-corrected chi connectivity index (χ3v) is 8.09. The summed E-state index contributed by atoms with van der Waals surface area (Å²) in [5.41, 5.74) is 6.27. The van der Waals surface area contributed by atoms with E-state index in [2.05, 4.69) is 15.8 Å². The average molecular weight is 476 g/mol. The van der Waals surface area contributed by atoms with Crippen LogP contribution in [0.4, 0.5) is 0 Å². The fraction of sp³-hybridized carbons (Fsp3) is 0.286. The second-order valence-electron chi connectivity index (χ2n) is 6.97. The van der Waals surface area contributed by atoms with Crippen LogP contribution < -0.4 is 10.9 Å². The van der Waals surface area contributed by atoms with Gasteiger partial charge in [0.25, 0.3) is 11.8 Å². The zero-order chi connectivity index (χ0) is 23.5. The highest BCUT2D eigenvalue weighted by Gasteiger charge is 2.26. The number of hydrazine groups is 1. The van der Waals surface area contributed by atoms with Gasteiger partial charge in [-0.1, -0.05) is 44.2 Å². The normalized spacial score (nSPS) is 11.5. The Labute approximate surface area is 191 Å². The van der Waals surface area contributed by atoms with Gasteiger partial charge in [0.1, 0.15) is 20.5 Å². The number of benzene rings is 1. The number of rotatable bonds is 7. The highest BCUT2D eigenvalue weighted by atomic mass is 32.2. The van der Waals surface area contributed by atoms with Gasteiger partial charge in [-0.25, -0.2) is 13.4 Å². The lowest BCUT2D eigenvalue weighted by atomic mass is 10.2. The maximum atomic E-state index is 12.7. The summed E-state index contributed by atoms with van der Waals surface area (Å²) < 4.78 is 28.1. The molecule has 0 aliphatic carbocycles. The number of amides is 2. The van der Waals surface area contributed by atoms with Gasteiger partial charge >= 0.3 is 0 Å². The van der Waals surface area contributed by atoms with Crippen LogP contribution in [-0.2, 0) is 17.1 Å². The van der Waals surface area contributed by atoms with Crippen molar-refractivity contribution in [2.75, 3.05) is 13.1 Å². The summed E-state index contributed by atoms with van der Waals surface area (Å²) in [6.07, 6.45) is 1.38. The molecule has 2 heterocycles. The van der Waals surface area contributed by atoms with Crippen molar-refractivity contribution in [3.8, 4) is 10.6 Å². The highest BCUT2D eigenvalue weighted by Crippen LogP contribution is 2.27. The number of hydrogen-bond acceptors (Lipinski definition) is 6. The van der Waals surface area contributed by atoms with E-state index >= 15 is 0 Å². The molecule has 9 nitrogen and oxygen atoms in total. The predicted molar refractivity (Wildman–Crippen MR) is 123 cm³/mol. The summed E-state index contributed by atoms with van der Waals surface area (Å²) >= 11 is 1.22. The lowest BCUT2D eigenvalue weighted by Crippen LogP contribution is -2.42. The second-order valence-corrected chi connectivity index (χ2v) is 9.91. The van der Waals surface area contributed by atoms with Crippen LogP contribution in [-0.4, -0.2) is 47.2 Å². The first-order chi connectivity index (χ1) is 15.2. The maximum absolute atomic E-state index is 12.7. The van der Waals surface area contributed by atoms with E-state index in [0.717, 1.165) is 5.56 Å². The molecule has 0 bridgehead atoms. The standard InChI is InChI=1S/C21H25N5O4S2/c1-5-26(6-2)32(29,30)16-12-17(25(4)13-16)19(27)23-24-20(28)18-14(3)22-21(31-18)15-10-8-7-9-11-15/h7-13H,5-6H2,1-4H3,(H,23,27)(H,24,28). The van der Waals surface area contributed by atoms with Crippen molar-refractivity contribution in [2.45, 2.75) is 25.7 Å². The summed E-state index contributed by atoms with van der Waals surface area (Å²) in [5, 5.41) is 0.702. The Bertz CT molecular complexity index is 1230. The SMILES string of the molecule is CCN(CC)S(=O)(=O)c1cc(C(=O)NNC(=O)c2sc(-c3ccccc3)nc2C)n(C)c1. The monoisotopic (exact) mass is 475 g/mol. The summed E-state index contributed by atoms with van der Waals surface area (Å²) in [5.74, 6) is -1.13. The number of thiazole rings is 1. The van der Waals surface area contributed by atoms with Gasteiger partial charge < -0.3 is 4.57 Å². The minimum atomic E-state index is -3.70. The smallest absolute Gasteiger partial charge is 0.286 e. The Balaban J connectivity index is 1.72. The average Bonchev–Trinajstić information content (AvgIpc) is 3.36. The van der Waals surface area contributed by atoms with Gasteiger partial charge in [0.05, 0.1) is 5.69 Å². The number of aromatic nitrogens is 2. The first kappa shape index (κ1) is 23.6. The van der Waals surface area contributed by atoms with Crippen LogP contribution >= 0.6 is 11.3 Å². The lowest BCUT2D eigenvalue weighted by Gasteiger charge is -2.17. The predicted octanol–water partition coefficient (Wildman–Crippen LogP) is 2.56. The Morgan fingerprint density at radius 3 is 2.34 bits per heavy atom. The van der Waals surface area contributed by atoms with Crippen LogP contribution in [0.15, 0.2) is 47.5 Å². The molecular weight excluding hydrogens is 450 g/mol. The van der Waals surface area contributed by atoms with Gasteiger partial charge in [-0.3, -0.25) is 20.4 Å². The fourth-order valence-electron chi connectivity index (χ4n) is 3.16. The molecule has 2 N–H and O–H groups in total. The van der Waals surface area contributed by atoms with Crippen LogP contribution in [0.25, 0.3) is 10.6 Å². The van der Waals surface area contributed by atoms with Crippen LogP contribution in [0.2, 0.25) is 0 Å². The fourth-order valence-corrected chi connectivity index (χ4v) is 5.66. The third-order valence-electron chi connectivity index (χ3n) is 4.87. The van der Waals surface area contributed by atoms with Crippen molar-refractivity contribution in [3.05, 3.63) is 58.9 Å². The topological polar surface area (TPSA) is 113 Å². The molecule has 3 rings (SSSR count). The van der Waals surface area contributed by atoms with Crippen LogP contribution in [0.3, 0.4) is 0 Å². The number of carbonyl (C=O) groups excluding carboxylic acids is 2. The Morgan fingerprint density at radius 2 is 1.72 bits per heavy atom. The molecule has 0 aliphatic rings. The first-order valence-corrected chi connectivity index (χ1v) is 12.2. The number of nitrogens with zero attached hydrogens (tertiary/aromatic N) is 3. The van der Waals surface area contributed by atoms with Crippen molar-refractivity contribution < 1.29 is 18.0 Å². The maximum Gasteiger partial charge on any atom is 0.286 e. The molecule has 1 aromatic carbocycles. The number of hydrogen-bond donors (Lipinski definition) is 2. The van der Waals surface area contributed by atoms with E-state index in [-0.39, 0.29) is 10.6 Å². The third kappa shape index (κ3) is 4.74. The van der Waals surface area contributed by atoms with E-state index in [4.69, 9.17) is 0 Å². The molecular formula is C21H25N5O4S2. The van der Waals surface area contributed by atoms with Crippen LogP contribution in [0.5, 0.6) is 0 Å². The molecule has 32 heavy (non-hydrogen) atoms. The minimum Gasteiger partial charge on any atom is -0.345 e. The molecule has 0 spiro atoms. The van der Waals surface area contributed by atoms with E-state index in [1.54, 1.807) is 27.8 Å². The molecule has 3 aromatic rings. The Hall–Kier alpha value is -3.02. The molecule has 170 valence electrons. The van der Waals surface area contributed by atoms with E-state index < -0.39 is 21.8 Å². The van der Waals surface area contributed by atoms with Gasteiger partial charge in [0, 0.05) is 31.9 Å². The van der Waals surface area contributed by atoms with Crippen LogP contribution in [0, 0.1) is 6.92 Å². The zero-order valence-corrected chi connectivity index (χ0v) is 19.9. The molecule has 0 saturated carbocycles. The molecule has 0 atom stereocenters. The van der Waals surface area contributed by atoms with Gasteiger partial charge in [-0.15, -0.1) is 11.3 Å². The number of sulfonamides is 1. The van der Waals surface area contributed by atoms with Gasteiger partial charge in [0.15, 0.2) is 0 Å². The molecule has 0 unspecified atom stereocenters. The van der Waals surface area contributed by atoms with Crippen LogP contribution in [0.1, 0.15) is 39.7 Å². The minimum absolute atomic E-state index is 0.0194. The van der Waals surface area contributed by atoms with E-state index in [0.29, 0.717) is 28.7 Å². The zero-order valence-electron chi connectivity index (χ0n) is 18.2. The van der Waals surface area contributed by atoms with Crippen molar-refractivity contribution in [3.63, 3.8) is 0 Å². The summed E-state index contributed by atoms with van der Waals surface area (Å²) in [6, 6.07) is 10.8. The Morgan fingerprint density at radius 1 is 1.09 bits per heavy atom. The molecule has 0 saturated heterocycles. The molecule has 2 aromatic heterocycles. The number of nitrogens with one attached hydrogen (secondary N) is 2. The first-order valence-electron chi connectivity index (χ1n) is 9.99. The molecule has 2 amide bonds. The molecule has 0 fully saturated rings. The van der Waals surface area contributed by atoms with Crippen molar-refractivity contribution >= 4 is 33.2 Å². The molecule has 0 radical (unpaired) electrons. The van der Waals surface area contributed by atoms with Crippen molar-refractivity contribution in [1.82, 2.24) is 24.7 Å². The molecule has 11 heteroatoms. The van der Waals surface area contributed by atoms with Gasteiger partial charge in [0.2, 0.25) is 10.0 Å². The van der Waals surface area contributed by atoms with E-state index in [1.807, 2.05) is 30.3 Å². The molecule has 0 aliphatic heterocycles. The van der Waals surface area contributed by atoms with Gasteiger partial charge in [-0.05, 0) is 13.0 Å². The largest absolute Gasteiger partial charge is 0.345 e. The summed E-state index contributed by atoms with van der Waals surface area (Å²) in [6.45, 7) is 5.87. The van der Waals surface area contributed by atoms with Crippen molar-refractivity contribution in [2.24, 2.45) is 7.05 Å². The Kier molecular flexibility index (Phi) is 7.12. The second kappa shape index (κ2) is 9.63. The van der Waals surface area contributed by atoms with Crippen molar-refractivity contribution in [1.29, 1.82) is 0 Å². The quantitative estimate of drug-likeness (QED) is 0.510. The highest BCUT2D eigenvalue weighted by molar-refractivity contribution is 7.89. The summed E-state index contributed by atoms with van der Waals surface area (Å²) in [7, 11) is -2.13. The lowest BCUT2D eigenvalue weighted by molar-refractivity contribution is 0.0843.